The molecule has 0 radical (unpaired) electrons. The minimum Gasteiger partial charge on any atom is -0.398 e. The van der Waals surface area contributed by atoms with Crippen molar-refractivity contribution in [1.29, 1.82) is 0 Å². The molecule has 1 atom stereocenters. The molecule has 1 aromatic carbocycles. The van der Waals surface area contributed by atoms with Crippen LogP contribution in [0.5, 0.6) is 0 Å². The standard InChI is InChI=1S/C15H21N3O3/c1-3-5-11(8-17-10-20)18(2)15(21)12-6-4-7-14(16)13(12)9-19/h4,6-7,9-11H,3,5,8,16H2,1-2H3,(H,17,20). The number of carbonyl (C=O) groups excluding carboxylic acids is 3. The van der Waals surface area contributed by atoms with Crippen LogP contribution in [0, 0.1) is 0 Å². The molecule has 0 aromatic heterocycles. The molecule has 0 saturated heterocycles. The van der Waals surface area contributed by atoms with E-state index in [1.165, 1.54) is 0 Å². The van der Waals surface area contributed by atoms with Gasteiger partial charge < -0.3 is 16.0 Å². The lowest BCUT2D eigenvalue weighted by atomic mass is 10.0. The highest BCUT2D eigenvalue weighted by molar-refractivity contribution is 6.04. The van der Waals surface area contributed by atoms with Crippen LogP contribution in [0.2, 0.25) is 0 Å². The van der Waals surface area contributed by atoms with Gasteiger partial charge >= 0.3 is 0 Å². The van der Waals surface area contributed by atoms with Gasteiger partial charge in [-0.25, -0.2) is 0 Å². The van der Waals surface area contributed by atoms with Crippen molar-refractivity contribution in [3.63, 3.8) is 0 Å². The van der Waals surface area contributed by atoms with Crippen molar-refractivity contribution in [2.45, 2.75) is 25.8 Å². The van der Waals surface area contributed by atoms with Gasteiger partial charge in [0.05, 0.1) is 5.56 Å². The first-order valence-electron chi connectivity index (χ1n) is 6.84. The lowest BCUT2D eigenvalue weighted by molar-refractivity contribution is -0.109. The van der Waals surface area contributed by atoms with E-state index in [-0.39, 0.29) is 28.8 Å². The quantitative estimate of drug-likeness (QED) is 0.553. The summed E-state index contributed by atoms with van der Waals surface area (Å²) in [5, 5.41) is 2.59. The molecule has 0 aliphatic rings. The molecule has 0 heterocycles. The number of nitrogens with zero attached hydrogens (tertiary/aromatic N) is 1. The molecule has 114 valence electrons. The van der Waals surface area contributed by atoms with Gasteiger partial charge in [-0.05, 0) is 18.6 Å². The van der Waals surface area contributed by atoms with Gasteiger partial charge in [0.15, 0.2) is 6.29 Å². The number of nitrogen functional groups attached to an aromatic ring is 1. The molecular weight excluding hydrogens is 270 g/mol. The van der Waals surface area contributed by atoms with E-state index in [4.69, 9.17) is 5.73 Å². The molecule has 0 spiro atoms. The average Bonchev–Trinajstić information content (AvgIpc) is 2.49. The third-order valence-corrected chi connectivity index (χ3v) is 3.41. The molecule has 6 nitrogen and oxygen atoms in total. The predicted molar refractivity (Wildman–Crippen MR) is 81.1 cm³/mol. The van der Waals surface area contributed by atoms with Gasteiger partial charge in [-0.1, -0.05) is 19.4 Å². The second-order valence-electron chi connectivity index (χ2n) is 4.81. The minimum absolute atomic E-state index is 0.131. The van der Waals surface area contributed by atoms with E-state index in [1.54, 1.807) is 30.1 Å². The Bertz CT molecular complexity index is 517. The number of carbonyl (C=O) groups is 3. The van der Waals surface area contributed by atoms with Crippen molar-refractivity contribution in [1.82, 2.24) is 10.2 Å². The molecular formula is C15H21N3O3. The first-order valence-corrected chi connectivity index (χ1v) is 6.84. The molecule has 6 heteroatoms. The summed E-state index contributed by atoms with van der Waals surface area (Å²) in [6.45, 7) is 2.38. The van der Waals surface area contributed by atoms with Crippen molar-refractivity contribution >= 4 is 24.3 Å². The molecule has 0 saturated carbocycles. The molecule has 0 fully saturated rings. The normalized spacial score (nSPS) is 11.5. The fraction of sp³-hybridized carbons (Fsp3) is 0.400. The van der Waals surface area contributed by atoms with E-state index in [9.17, 15) is 14.4 Å². The smallest absolute Gasteiger partial charge is 0.254 e. The number of aldehydes is 1. The van der Waals surface area contributed by atoms with E-state index in [0.29, 0.717) is 19.2 Å². The van der Waals surface area contributed by atoms with Gasteiger partial charge in [0.25, 0.3) is 5.91 Å². The zero-order chi connectivity index (χ0) is 15.8. The second kappa shape index (κ2) is 8.04. The minimum atomic E-state index is -0.282. The Balaban J connectivity index is 3.02. The van der Waals surface area contributed by atoms with Crippen LogP contribution < -0.4 is 11.1 Å². The predicted octanol–water partition coefficient (Wildman–Crippen LogP) is 1.07. The third kappa shape index (κ3) is 4.05. The van der Waals surface area contributed by atoms with E-state index >= 15 is 0 Å². The van der Waals surface area contributed by atoms with Gasteiger partial charge in [0, 0.05) is 30.9 Å². The van der Waals surface area contributed by atoms with Gasteiger partial charge in [0.2, 0.25) is 6.41 Å². The van der Waals surface area contributed by atoms with Crippen molar-refractivity contribution in [2.24, 2.45) is 0 Å². The summed E-state index contributed by atoms with van der Waals surface area (Å²) in [5.74, 6) is -0.282. The summed E-state index contributed by atoms with van der Waals surface area (Å²) in [6.07, 6.45) is 2.83. The maximum Gasteiger partial charge on any atom is 0.254 e. The van der Waals surface area contributed by atoms with E-state index < -0.39 is 0 Å². The lowest BCUT2D eigenvalue weighted by Gasteiger charge is -2.28. The Kier molecular flexibility index (Phi) is 6.39. The van der Waals surface area contributed by atoms with Crippen LogP contribution in [0.1, 0.15) is 40.5 Å². The third-order valence-electron chi connectivity index (χ3n) is 3.41. The van der Waals surface area contributed by atoms with Crippen LogP contribution in [0.4, 0.5) is 5.69 Å². The number of hydrogen-bond acceptors (Lipinski definition) is 4. The molecule has 0 aliphatic heterocycles. The molecule has 0 bridgehead atoms. The Morgan fingerprint density at radius 1 is 1.43 bits per heavy atom. The number of amides is 2. The molecule has 2 amide bonds. The monoisotopic (exact) mass is 291 g/mol. The maximum absolute atomic E-state index is 12.6. The van der Waals surface area contributed by atoms with Crippen molar-refractivity contribution in [3.05, 3.63) is 29.3 Å². The molecule has 0 aliphatic carbocycles. The highest BCUT2D eigenvalue weighted by atomic mass is 16.2. The molecule has 1 rings (SSSR count). The molecule has 1 aromatic rings. The fourth-order valence-electron chi connectivity index (χ4n) is 2.21. The Labute approximate surface area is 124 Å². The Hall–Kier alpha value is -2.37. The van der Waals surface area contributed by atoms with Gasteiger partial charge in [0.1, 0.15) is 0 Å². The Morgan fingerprint density at radius 3 is 2.71 bits per heavy atom. The zero-order valence-electron chi connectivity index (χ0n) is 12.3. The van der Waals surface area contributed by atoms with Crippen LogP contribution in [-0.2, 0) is 4.79 Å². The van der Waals surface area contributed by atoms with Crippen molar-refractivity contribution in [2.75, 3.05) is 19.3 Å². The summed E-state index contributed by atoms with van der Waals surface area (Å²) in [5.41, 5.74) is 6.48. The number of nitrogens with two attached hydrogens (primary N) is 1. The van der Waals surface area contributed by atoms with Crippen LogP contribution in [0.3, 0.4) is 0 Å². The first-order chi connectivity index (χ1) is 10.1. The van der Waals surface area contributed by atoms with Gasteiger partial charge in [-0.2, -0.15) is 0 Å². The molecule has 3 N–H and O–H groups in total. The number of anilines is 1. The highest BCUT2D eigenvalue weighted by Gasteiger charge is 2.23. The van der Waals surface area contributed by atoms with Gasteiger partial charge in [-0.15, -0.1) is 0 Å². The lowest BCUT2D eigenvalue weighted by Crippen LogP contribution is -2.43. The topological polar surface area (TPSA) is 92.5 Å². The SMILES string of the molecule is CCCC(CNC=O)N(C)C(=O)c1cccc(N)c1C=O. The summed E-state index contributed by atoms with van der Waals surface area (Å²) >= 11 is 0. The molecule has 1 unspecified atom stereocenters. The van der Waals surface area contributed by atoms with E-state index in [2.05, 4.69) is 5.32 Å². The number of nitrogens with one attached hydrogen (secondary N) is 1. The molecule has 21 heavy (non-hydrogen) atoms. The van der Waals surface area contributed by atoms with Crippen LogP contribution in [-0.4, -0.2) is 43.1 Å². The van der Waals surface area contributed by atoms with Crippen LogP contribution in [0.15, 0.2) is 18.2 Å². The number of rotatable bonds is 8. The summed E-state index contributed by atoms with van der Waals surface area (Å²) < 4.78 is 0. The largest absolute Gasteiger partial charge is 0.398 e. The summed E-state index contributed by atoms with van der Waals surface area (Å²) in [6, 6.07) is 4.67. The number of hydrogen-bond donors (Lipinski definition) is 2. The van der Waals surface area contributed by atoms with Crippen LogP contribution >= 0.6 is 0 Å². The van der Waals surface area contributed by atoms with Crippen molar-refractivity contribution < 1.29 is 14.4 Å². The van der Waals surface area contributed by atoms with Gasteiger partial charge in [-0.3, -0.25) is 14.4 Å². The number of benzene rings is 1. The Morgan fingerprint density at radius 2 is 2.14 bits per heavy atom. The maximum atomic E-state index is 12.6. The fourth-order valence-corrected chi connectivity index (χ4v) is 2.21. The van der Waals surface area contributed by atoms with Crippen molar-refractivity contribution in [3.8, 4) is 0 Å². The zero-order valence-corrected chi connectivity index (χ0v) is 12.3. The number of likely N-dealkylation sites (N-methyl/N-ethyl adjacent to an activating group) is 1. The summed E-state index contributed by atoms with van der Waals surface area (Å²) in [4.78, 5) is 35.7. The first kappa shape index (κ1) is 16.7. The average molecular weight is 291 g/mol. The van der Waals surface area contributed by atoms with E-state index in [0.717, 1.165) is 12.8 Å². The summed E-state index contributed by atoms with van der Waals surface area (Å²) in [7, 11) is 1.66. The highest BCUT2D eigenvalue weighted by Crippen LogP contribution is 2.18. The second-order valence-corrected chi connectivity index (χ2v) is 4.81. The van der Waals surface area contributed by atoms with Crippen LogP contribution in [0.25, 0.3) is 0 Å². The van der Waals surface area contributed by atoms with E-state index in [1.807, 2.05) is 6.92 Å².